The SMILES string of the molecule is CCOC(=O)c1ccc(NC(=O)COc2ccc3c(=O)c(Oc4ccc(C)cc4)c(C(F)(F)F)oc3c2)cc1. The maximum Gasteiger partial charge on any atom is 0.453 e. The average Bonchev–Trinajstić information content (AvgIpc) is 2.90. The van der Waals surface area contributed by atoms with Crippen LogP contribution in [0.2, 0.25) is 0 Å². The molecule has 0 bridgehead atoms. The number of carbonyl (C=O) groups is 2. The lowest BCUT2D eigenvalue weighted by Gasteiger charge is -2.14. The zero-order valence-corrected chi connectivity index (χ0v) is 20.8. The number of amides is 1. The molecule has 11 heteroatoms. The first-order chi connectivity index (χ1) is 18.5. The third kappa shape index (κ3) is 6.56. The van der Waals surface area contributed by atoms with E-state index in [2.05, 4.69) is 5.32 Å². The summed E-state index contributed by atoms with van der Waals surface area (Å²) in [6.07, 6.45) is -5.02. The fourth-order valence-electron chi connectivity index (χ4n) is 3.50. The van der Waals surface area contributed by atoms with E-state index < -0.39 is 47.2 Å². The minimum absolute atomic E-state index is 0.00112. The van der Waals surface area contributed by atoms with E-state index in [-0.39, 0.29) is 23.5 Å². The largest absolute Gasteiger partial charge is 0.484 e. The van der Waals surface area contributed by atoms with Crippen LogP contribution in [0.25, 0.3) is 11.0 Å². The number of aryl methyl sites for hydroxylation is 1. The zero-order valence-electron chi connectivity index (χ0n) is 20.8. The first-order valence-corrected chi connectivity index (χ1v) is 11.7. The molecule has 0 aliphatic heterocycles. The van der Waals surface area contributed by atoms with Gasteiger partial charge < -0.3 is 23.9 Å². The van der Waals surface area contributed by atoms with Crippen molar-refractivity contribution in [1.82, 2.24) is 0 Å². The number of fused-ring (bicyclic) bond motifs is 1. The highest BCUT2D eigenvalue weighted by molar-refractivity contribution is 5.93. The van der Waals surface area contributed by atoms with E-state index in [1.165, 1.54) is 48.5 Å². The predicted molar refractivity (Wildman–Crippen MR) is 135 cm³/mol. The number of hydrogen-bond donors (Lipinski definition) is 1. The summed E-state index contributed by atoms with van der Waals surface area (Å²) < 4.78 is 61.9. The van der Waals surface area contributed by atoms with Gasteiger partial charge in [0.05, 0.1) is 17.6 Å². The van der Waals surface area contributed by atoms with Crippen LogP contribution in [0, 0.1) is 6.92 Å². The summed E-state index contributed by atoms with van der Waals surface area (Å²) >= 11 is 0. The van der Waals surface area contributed by atoms with Crippen molar-refractivity contribution in [3.8, 4) is 17.2 Å². The molecular weight excluding hydrogens is 519 g/mol. The maximum absolute atomic E-state index is 13.8. The number of rotatable bonds is 8. The summed E-state index contributed by atoms with van der Waals surface area (Å²) in [5, 5.41) is 2.40. The van der Waals surface area contributed by atoms with Crippen molar-refractivity contribution in [3.05, 3.63) is 93.8 Å². The number of nitrogens with one attached hydrogen (secondary N) is 1. The fourth-order valence-corrected chi connectivity index (χ4v) is 3.50. The molecule has 1 heterocycles. The van der Waals surface area contributed by atoms with Crippen LogP contribution in [-0.2, 0) is 15.7 Å². The number of benzene rings is 3. The molecule has 39 heavy (non-hydrogen) atoms. The second kappa shape index (κ2) is 11.3. The Morgan fingerprint density at radius 1 is 0.949 bits per heavy atom. The number of hydrogen-bond acceptors (Lipinski definition) is 7. The van der Waals surface area contributed by atoms with Crippen LogP contribution in [0.3, 0.4) is 0 Å². The molecule has 0 atom stereocenters. The van der Waals surface area contributed by atoms with Crippen molar-refractivity contribution >= 4 is 28.5 Å². The van der Waals surface area contributed by atoms with E-state index in [1.54, 1.807) is 26.0 Å². The van der Waals surface area contributed by atoms with Gasteiger partial charge in [-0.3, -0.25) is 9.59 Å². The van der Waals surface area contributed by atoms with Crippen molar-refractivity contribution in [2.24, 2.45) is 0 Å². The molecule has 0 aliphatic rings. The van der Waals surface area contributed by atoms with Gasteiger partial charge in [0.25, 0.3) is 11.7 Å². The minimum atomic E-state index is -5.02. The second-order valence-electron chi connectivity index (χ2n) is 8.29. The Hall–Kier alpha value is -4.80. The molecule has 0 radical (unpaired) electrons. The summed E-state index contributed by atoms with van der Waals surface area (Å²) in [4.78, 5) is 36.9. The Morgan fingerprint density at radius 2 is 1.62 bits per heavy atom. The smallest absolute Gasteiger partial charge is 0.453 e. The van der Waals surface area contributed by atoms with Gasteiger partial charge in [-0.25, -0.2) is 4.79 Å². The van der Waals surface area contributed by atoms with Gasteiger partial charge in [0.15, 0.2) is 6.61 Å². The normalized spacial score (nSPS) is 11.2. The number of alkyl halides is 3. The average molecular weight is 541 g/mol. The third-order valence-electron chi connectivity index (χ3n) is 5.37. The molecule has 0 saturated heterocycles. The Kier molecular flexibility index (Phi) is 7.89. The molecule has 8 nitrogen and oxygen atoms in total. The van der Waals surface area contributed by atoms with Gasteiger partial charge in [0.2, 0.25) is 11.2 Å². The van der Waals surface area contributed by atoms with Crippen molar-refractivity contribution in [2.75, 3.05) is 18.5 Å². The third-order valence-corrected chi connectivity index (χ3v) is 5.37. The quantitative estimate of drug-likeness (QED) is 0.269. The highest BCUT2D eigenvalue weighted by Crippen LogP contribution is 2.38. The summed E-state index contributed by atoms with van der Waals surface area (Å²) in [6, 6.07) is 15.7. The van der Waals surface area contributed by atoms with E-state index in [4.69, 9.17) is 18.6 Å². The van der Waals surface area contributed by atoms with Crippen molar-refractivity contribution in [3.63, 3.8) is 0 Å². The van der Waals surface area contributed by atoms with E-state index in [9.17, 15) is 27.6 Å². The molecule has 0 spiro atoms. The molecule has 202 valence electrons. The maximum atomic E-state index is 13.8. The molecule has 3 aromatic carbocycles. The first-order valence-electron chi connectivity index (χ1n) is 11.7. The molecule has 0 saturated carbocycles. The highest BCUT2D eigenvalue weighted by Gasteiger charge is 2.40. The second-order valence-corrected chi connectivity index (χ2v) is 8.29. The van der Waals surface area contributed by atoms with Crippen molar-refractivity contribution in [1.29, 1.82) is 0 Å². The van der Waals surface area contributed by atoms with E-state index in [0.717, 1.165) is 11.6 Å². The summed E-state index contributed by atoms with van der Waals surface area (Å²) in [6.45, 7) is 3.22. The molecule has 1 N–H and O–H groups in total. The lowest BCUT2D eigenvalue weighted by Crippen LogP contribution is -2.20. The number of ether oxygens (including phenoxy) is 3. The Labute approximate surface area is 219 Å². The topological polar surface area (TPSA) is 104 Å². The molecule has 0 aliphatic carbocycles. The van der Waals surface area contributed by atoms with Gasteiger partial charge in [0.1, 0.15) is 17.1 Å². The zero-order chi connectivity index (χ0) is 28.2. The van der Waals surface area contributed by atoms with Crippen LogP contribution in [0.4, 0.5) is 18.9 Å². The molecule has 1 aromatic heterocycles. The van der Waals surface area contributed by atoms with Gasteiger partial charge in [0, 0.05) is 11.8 Å². The molecule has 0 unspecified atom stereocenters. The van der Waals surface area contributed by atoms with Crippen LogP contribution >= 0.6 is 0 Å². The molecule has 4 aromatic rings. The number of halogens is 3. The van der Waals surface area contributed by atoms with Gasteiger partial charge >= 0.3 is 12.1 Å². The lowest BCUT2D eigenvalue weighted by molar-refractivity contribution is -0.154. The molecular formula is C28H22F3NO7. The van der Waals surface area contributed by atoms with Crippen LogP contribution in [-0.4, -0.2) is 25.1 Å². The monoisotopic (exact) mass is 541 g/mol. The van der Waals surface area contributed by atoms with Crippen LogP contribution in [0.5, 0.6) is 17.2 Å². The van der Waals surface area contributed by atoms with Crippen LogP contribution in [0.1, 0.15) is 28.6 Å². The Bertz CT molecular complexity index is 1560. The van der Waals surface area contributed by atoms with Crippen molar-refractivity contribution in [2.45, 2.75) is 20.0 Å². The van der Waals surface area contributed by atoms with Gasteiger partial charge in [-0.2, -0.15) is 13.2 Å². The number of esters is 1. The number of anilines is 1. The molecule has 0 fully saturated rings. The van der Waals surface area contributed by atoms with E-state index in [0.29, 0.717) is 11.3 Å². The summed E-state index contributed by atoms with van der Waals surface area (Å²) in [5.74, 6) is -3.61. The van der Waals surface area contributed by atoms with Gasteiger partial charge in [-0.15, -0.1) is 0 Å². The van der Waals surface area contributed by atoms with Gasteiger partial charge in [-0.1, -0.05) is 17.7 Å². The summed E-state index contributed by atoms with van der Waals surface area (Å²) in [7, 11) is 0. The predicted octanol–water partition coefficient (Wildman–Crippen LogP) is 6.11. The fraction of sp³-hybridized carbons (Fsp3) is 0.179. The molecule has 4 rings (SSSR count). The first kappa shape index (κ1) is 27.2. The summed E-state index contributed by atoms with van der Waals surface area (Å²) in [5.41, 5.74) is 0.152. The van der Waals surface area contributed by atoms with E-state index >= 15 is 0 Å². The molecule has 1 amide bonds. The number of carbonyl (C=O) groups excluding carboxylic acids is 2. The lowest BCUT2D eigenvalue weighted by atomic mass is 10.2. The Balaban J connectivity index is 1.51. The Morgan fingerprint density at radius 3 is 2.26 bits per heavy atom. The van der Waals surface area contributed by atoms with Gasteiger partial charge in [-0.05, 0) is 62.4 Å². The van der Waals surface area contributed by atoms with Crippen molar-refractivity contribution < 1.29 is 41.4 Å². The van der Waals surface area contributed by atoms with Crippen LogP contribution < -0.4 is 20.2 Å². The van der Waals surface area contributed by atoms with Crippen LogP contribution in [0.15, 0.2) is 75.9 Å². The standard InChI is InChI=1S/C28H22F3NO7/c1-3-36-27(35)17-6-8-18(9-7-17)32-23(33)15-37-20-12-13-21-22(14-20)39-26(28(29,30)31)25(24(21)34)38-19-10-4-16(2)5-11-19/h4-14H,3,15H2,1-2H3,(H,32,33). The minimum Gasteiger partial charge on any atom is -0.484 e. The van der Waals surface area contributed by atoms with E-state index in [1.807, 2.05) is 0 Å². The highest BCUT2D eigenvalue weighted by atomic mass is 19.4.